The van der Waals surface area contributed by atoms with Gasteiger partial charge in [-0.25, -0.2) is 0 Å². The molecule has 10 heavy (non-hydrogen) atoms. The maximum atomic E-state index is 9.89. The van der Waals surface area contributed by atoms with E-state index < -0.39 is 22.0 Å². The Bertz CT molecular complexity index is 195. The van der Waals surface area contributed by atoms with Gasteiger partial charge in [-0.3, -0.25) is 9.35 Å². The van der Waals surface area contributed by atoms with E-state index in [-0.39, 0.29) is 37.7 Å². The third-order valence-corrected chi connectivity index (χ3v) is 0.827. The van der Waals surface area contributed by atoms with Crippen LogP contribution in [0.4, 0.5) is 0 Å². The number of hydrogen-bond donors (Lipinski definition) is 1. The Kier molecular flexibility index (Phi) is 7.03. The van der Waals surface area contributed by atoms with Crippen molar-refractivity contribution in [3.8, 4) is 0 Å². The molecule has 0 spiro atoms. The molecule has 0 aromatic heterocycles. The maximum absolute atomic E-state index is 9.89. The molecular formula is C3H8CaO5S. The molecule has 0 aromatic rings. The van der Waals surface area contributed by atoms with Gasteiger partial charge >= 0.3 is 53.8 Å². The van der Waals surface area contributed by atoms with Crippen LogP contribution >= 0.6 is 0 Å². The van der Waals surface area contributed by atoms with Crippen molar-refractivity contribution in [3.05, 3.63) is 0 Å². The van der Waals surface area contributed by atoms with Crippen LogP contribution in [0.15, 0.2) is 0 Å². The molecule has 0 radical (unpaired) electrons. The number of carbonyl (C=O) groups is 1. The summed E-state index contributed by atoms with van der Waals surface area (Å²) < 4.78 is 31.5. The van der Waals surface area contributed by atoms with Gasteiger partial charge < -0.3 is 4.74 Å². The molecule has 0 aliphatic heterocycles. The van der Waals surface area contributed by atoms with E-state index in [0.717, 1.165) is 6.92 Å². The number of esters is 1. The van der Waals surface area contributed by atoms with Crippen molar-refractivity contribution in [1.29, 1.82) is 0 Å². The minimum atomic E-state index is -4.16. The van der Waals surface area contributed by atoms with Gasteiger partial charge in [-0.15, -0.1) is 0 Å². The van der Waals surface area contributed by atoms with Crippen molar-refractivity contribution < 1.29 is 22.5 Å². The van der Waals surface area contributed by atoms with Gasteiger partial charge in [-0.2, -0.15) is 8.42 Å². The summed E-state index contributed by atoms with van der Waals surface area (Å²) in [7, 11) is -4.16. The van der Waals surface area contributed by atoms with Crippen molar-refractivity contribution in [2.24, 2.45) is 0 Å². The van der Waals surface area contributed by atoms with Crippen LogP contribution in [0.1, 0.15) is 6.92 Å². The fourth-order valence-corrected chi connectivity index (χ4v) is 0.472. The number of rotatable bonds is 2. The Labute approximate surface area is 88.5 Å². The van der Waals surface area contributed by atoms with Crippen LogP contribution in [0.2, 0.25) is 0 Å². The Hall–Kier alpha value is 0.640. The van der Waals surface area contributed by atoms with E-state index in [9.17, 15) is 13.2 Å². The zero-order valence-electron chi connectivity index (χ0n) is 4.70. The summed E-state index contributed by atoms with van der Waals surface area (Å²) in [6.45, 7) is 1.05. The molecule has 1 N–H and O–H groups in total. The first kappa shape index (κ1) is 13.2. The Balaban J connectivity index is 0. The van der Waals surface area contributed by atoms with E-state index in [1.54, 1.807) is 0 Å². The van der Waals surface area contributed by atoms with E-state index in [4.69, 9.17) is 4.55 Å². The second-order valence-corrected chi connectivity index (χ2v) is 2.74. The molecule has 0 unspecified atom stereocenters. The Morgan fingerprint density at radius 1 is 1.60 bits per heavy atom. The molecule has 0 saturated heterocycles. The quantitative estimate of drug-likeness (QED) is 0.329. The number of carbonyl (C=O) groups excluding carboxylic acids is 1. The molecular weight excluding hydrogens is 188 g/mol. The summed E-state index contributed by atoms with van der Waals surface area (Å²) in [6.07, 6.45) is 0. The zero-order chi connectivity index (χ0) is 7.49. The molecule has 0 saturated carbocycles. The van der Waals surface area contributed by atoms with Crippen molar-refractivity contribution in [2.75, 3.05) is 5.94 Å². The minimum absolute atomic E-state index is 0. The zero-order valence-corrected chi connectivity index (χ0v) is 5.51. The Morgan fingerprint density at radius 3 is 2.10 bits per heavy atom. The van der Waals surface area contributed by atoms with Gasteiger partial charge in [-0.1, -0.05) is 0 Å². The summed E-state index contributed by atoms with van der Waals surface area (Å²) in [6, 6.07) is 0. The molecule has 5 nitrogen and oxygen atoms in total. The van der Waals surface area contributed by atoms with Crippen molar-refractivity contribution in [2.45, 2.75) is 6.92 Å². The van der Waals surface area contributed by atoms with Crippen molar-refractivity contribution in [3.63, 3.8) is 0 Å². The first-order chi connectivity index (χ1) is 3.92. The summed E-state index contributed by atoms with van der Waals surface area (Å²) in [5.41, 5.74) is 0. The van der Waals surface area contributed by atoms with Gasteiger partial charge in [0.05, 0.1) is 0 Å². The predicted molar refractivity (Wildman–Crippen MR) is 36.7 cm³/mol. The summed E-state index contributed by atoms with van der Waals surface area (Å²) >= 11 is 0. The first-order valence-electron chi connectivity index (χ1n) is 2.00. The van der Waals surface area contributed by atoms with E-state index in [1.165, 1.54) is 0 Å². The van der Waals surface area contributed by atoms with Crippen LogP contribution in [0.5, 0.6) is 0 Å². The normalized spacial score (nSPS) is 9.80. The average molecular weight is 196 g/mol. The van der Waals surface area contributed by atoms with E-state index in [1.807, 2.05) is 0 Å². The van der Waals surface area contributed by atoms with Gasteiger partial charge in [0.15, 0.2) is 0 Å². The van der Waals surface area contributed by atoms with Crippen molar-refractivity contribution in [1.82, 2.24) is 0 Å². The fourth-order valence-electron chi connectivity index (χ4n) is 0.157. The second-order valence-electron chi connectivity index (χ2n) is 1.34. The first-order valence-corrected chi connectivity index (χ1v) is 3.61. The van der Waals surface area contributed by atoms with Gasteiger partial charge in [-0.05, 0) is 0 Å². The topological polar surface area (TPSA) is 80.7 Å². The second kappa shape index (κ2) is 5.31. The van der Waals surface area contributed by atoms with Crippen LogP contribution in [0.25, 0.3) is 0 Å². The molecule has 0 aliphatic rings. The monoisotopic (exact) mass is 196 g/mol. The van der Waals surface area contributed by atoms with Gasteiger partial charge in [0.2, 0.25) is 5.94 Å². The van der Waals surface area contributed by atoms with Crippen molar-refractivity contribution >= 4 is 53.8 Å². The summed E-state index contributed by atoms with van der Waals surface area (Å²) in [4.78, 5) is 9.89. The van der Waals surface area contributed by atoms with Gasteiger partial charge in [0.1, 0.15) is 0 Å². The molecule has 0 aromatic carbocycles. The summed E-state index contributed by atoms with van der Waals surface area (Å²) in [5, 5.41) is 0. The summed E-state index contributed by atoms with van der Waals surface area (Å²) in [5.74, 6) is -1.71. The molecule has 0 heterocycles. The standard InChI is InChI=1S/C3H6O5S.Ca.2H/c1-3(4)8-2-9(5,6)7;;;/h2H2,1H3,(H,5,6,7);;;. The molecule has 0 bridgehead atoms. The number of ether oxygens (including phenoxy) is 1. The van der Waals surface area contributed by atoms with Gasteiger partial charge in [0, 0.05) is 6.92 Å². The molecule has 0 fully saturated rings. The third kappa shape index (κ3) is 11.4. The van der Waals surface area contributed by atoms with Crippen LogP contribution < -0.4 is 0 Å². The third-order valence-electron chi connectivity index (χ3n) is 0.411. The number of hydrogen-bond acceptors (Lipinski definition) is 4. The van der Waals surface area contributed by atoms with Crippen LogP contribution in [0.3, 0.4) is 0 Å². The molecule has 0 rings (SSSR count). The molecule has 0 amide bonds. The molecule has 58 valence electrons. The predicted octanol–water partition coefficient (Wildman–Crippen LogP) is -1.52. The van der Waals surface area contributed by atoms with Gasteiger partial charge in [0.25, 0.3) is 0 Å². The molecule has 0 atom stereocenters. The SMILES string of the molecule is CC(=O)OCS(=O)(=O)O.[CaH2]. The van der Waals surface area contributed by atoms with Crippen LogP contribution in [-0.4, -0.2) is 62.6 Å². The van der Waals surface area contributed by atoms with E-state index in [2.05, 4.69) is 4.74 Å². The molecule has 0 aliphatic carbocycles. The fraction of sp³-hybridized carbons (Fsp3) is 0.667. The average Bonchev–Trinajstić information content (AvgIpc) is 1.59. The molecule has 7 heteroatoms. The van der Waals surface area contributed by atoms with Crippen LogP contribution in [0, 0.1) is 0 Å². The Morgan fingerprint density at radius 2 is 2.00 bits per heavy atom. The van der Waals surface area contributed by atoms with E-state index >= 15 is 0 Å². The van der Waals surface area contributed by atoms with E-state index in [0.29, 0.717) is 0 Å². The van der Waals surface area contributed by atoms with Crippen LogP contribution in [-0.2, 0) is 19.6 Å².